The van der Waals surface area contributed by atoms with Gasteiger partial charge >= 0.3 is 6.03 Å². The number of carbonyl (C=O) groups is 1. The summed E-state index contributed by atoms with van der Waals surface area (Å²) >= 11 is 0. The van der Waals surface area contributed by atoms with Crippen molar-refractivity contribution in [2.75, 3.05) is 18.0 Å². The summed E-state index contributed by atoms with van der Waals surface area (Å²) in [6.45, 7) is 7.51. The van der Waals surface area contributed by atoms with Crippen LogP contribution < -0.4 is 15.5 Å². The number of piperidine rings is 1. The molecule has 9 nitrogen and oxygen atoms in total. The monoisotopic (exact) mass is 408 g/mol. The summed E-state index contributed by atoms with van der Waals surface area (Å²) in [7, 11) is 1.89. The summed E-state index contributed by atoms with van der Waals surface area (Å²) in [4.78, 5) is 18.7. The van der Waals surface area contributed by atoms with Crippen LogP contribution in [0.25, 0.3) is 22.2 Å². The minimum absolute atomic E-state index is 0.115. The van der Waals surface area contributed by atoms with Crippen molar-refractivity contribution >= 4 is 22.6 Å². The van der Waals surface area contributed by atoms with Crippen LogP contribution in [0.3, 0.4) is 0 Å². The highest BCUT2D eigenvalue weighted by Gasteiger charge is 2.25. The Morgan fingerprint density at radius 1 is 1.10 bits per heavy atom. The molecule has 0 saturated carbocycles. The van der Waals surface area contributed by atoms with Crippen molar-refractivity contribution in [2.24, 2.45) is 7.05 Å². The molecule has 4 rings (SSSR count). The molecule has 0 aliphatic carbocycles. The molecule has 9 heteroatoms. The number of nitrogens with one attached hydrogen (secondary N) is 2. The average molecular weight is 409 g/mol. The Balaban J connectivity index is 1.52. The maximum absolute atomic E-state index is 12.2. The predicted molar refractivity (Wildman–Crippen MR) is 116 cm³/mol. The Kier molecular flexibility index (Phi) is 5.27. The summed E-state index contributed by atoms with van der Waals surface area (Å²) in [6.07, 6.45) is 7.08. The van der Waals surface area contributed by atoms with Gasteiger partial charge in [0.1, 0.15) is 5.69 Å². The van der Waals surface area contributed by atoms with Crippen LogP contribution in [-0.4, -0.2) is 55.7 Å². The molecule has 4 heterocycles. The van der Waals surface area contributed by atoms with Crippen molar-refractivity contribution in [3.05, 3.63) is 30.7 Å². The van der Waals surface area contributed by atoms with E-state index < -0.39 is 0 Å². The van der Waals surface area contributed by atoms with Crippen molar-refractivity contribution in [1.29, 1.82) is 0 Å². The summed E-state index contributed by atoms with van der Waals surface area (Å²) in [5.41, 5.74) is 1.46. The van der Waals surface area contributed by atoms with Crippen LogP contribution in [0.1, 0.15) is 33.6 Å². The average Bonchev–Trinajstić information content (AvgIpc) is 3.12. The molecule has 30 heavy (non-hydrogen) atoms. The minimum Gasteiger partial charge on any atom is -0.354 e. The first kappa shape index (κ1) is 20.1. The number of urea groups is 1. The molecule has 1 aliphatic rings. The fraction of sp³-hybridized carbons (Fsp3) is 0.476. The molecule has 0 radical (unpaired) electrons. The lowest BCUT2D eigenvalue weighted by molar-refractivity contribution is 0.225. The molecule has 0 spiro atoms. The Bertz CT molecular complexity index is 1050. The second-order valence-electron chi connectivity index (χ2n) is 8.74. The molecule has 0 atom stereocenters. The van der Waals surface area contributed by atoms with Gasteiger partial charge in [-0.3, -0.25) is 9.67 Å². The molecule has 1 fully saturated rings. The smallest absolute Gasteiger partial charge is 0.315 e. The Hall–Kier alpha value is -3.23. The SMILES string of the molecule is Cn1nccc1-c1nnc(N2CCC(NC(=O)NC(C)(C)C)CC2)c2cnccc12. The normalized spacial score (nSPS) is 15.4. The van der Waals surface area contributed by atoms with E-state index in [1.54, 1.807) is 17.1 Å². The lowest BCUT2D eigenvalue weighted by atomic mass is 10.0. The van der Waals surface area contributed by atoms with Gasteiger partial charge in [-0.25, -0.2) is 4.79 Å². The van der Waals surface area contributed by atoms with Crippen LogP contribution in [0.4, 0.5) is 10.6 Å². The summed E-state index contributed by atoms with van der Waals surface area (Å²) in [5.74, 6) is 0.835. The first-order chi connectivity index (χ1) is 14.3. The fourth-order valence-electron chi connectivity index (χ4n) is 3.81. The van der Waals surface area contributed by atoms with Crippen molar-refractivity contribution in [3.63, 3.8) is 0 Å². The minimum atomic E-state index is -0.248. The van der Waals surface area contributed by atoms with E-state index >= 15 is 0 Å². The van der Waals surface area contributed by atoms with Crippen molar-refractivity contribution < 1.29 is 4.79 Å². The van der Waals surface area contributed by atoms with Gasteiger partial charge in [0.05, 0.1) is 5.69 Å². The van der Waals surface area contributed by atoms with Gasteiger partial charge in [-0.1, -0.05) is 0 Å². The number of aromatic nitrogens is 5. The van der Waals surface area contributed by atoms with Crippen molar-refractivity contribution in [2.45, 2.75) is 45.2 Å². The summed E-state index contributed by atoms with van der Waals surface area (Å²) < 4.78 is 1.79. The zero-order valence-corrected chi connectivity index (χ0v) is 17.9. The highest BCUT2D eigenvalue weighted by molar-refractivity contribution is 5.99. The highest BCUT2D eigenvalue weighted by Crippen LogP contribution is 2.31. The number of hydrogen-bond donors (Lipinski definition) is 2. The molecule has 2 N–H and O–H groups in total. The lowest BCUT2D eigenvalue weighted by Gasteiger charge is -2.34. The molecular formula is C21H28N8O. The Labute approximate surface area is 175 Å². The van der Waals surface area contributed by atoms with E-state index in [0.717, 1.165) is 53.9 Å². The zero-order chi connectivity index (χ0) is 21.3. The van der Waals surface area contributed by atoms with E-state index in [0.29, 0.717) is 0 Å². The van der Waals surface area contributed by atoms with E-state index in [2.05, 4.69) is 35.8 Å². The van der Waals surface area contributed by atoms with E-state index in [4.69, 9.17) is 0 Å². The van der Waals surface area contributed by atoms with Gasteiger partial charge in [-0.15, -0.1) is 10.2 Å². The van der Waals surface area contributed by atoms with Crippen molar-refractivity contribution in [1.82, 2.24) is 35.6 Å². The van der Waals surface area contributed by atoms with Crippen LogP contribution >= 0.6 is 0 Å². The van der Waals surface area contributed by atoms with Gasteiger partial charge in [-0.05, 0) is 45.7 Å². The maximum Gasteiger partial charge on any atom is 0.315 e. The van der Waals surface area contributed by atoms with Crippen LogP contribution in [0.15, 0.2) is 30.7 Å². The third kappa shape index (κ3) is 4.19. The number of carbonyl (C=O) groups excluding carboxylic acids is 1. The van der Waals surface area contributed by atoms with Gasteiger partial charge in [-0.2, -0.15) is 5.10 Å². The number of fused-ring (bicyclic) bond motifs is 1. The molecule has 3 aromatic heterocycles. The molecule has 0 unspecified atom stereocenters. The number of hydrogen-bond acceptors (Lipinski definition) is 6. The van der Waals surface area contributed by atoms with Crippen LogP contribution in [0.5, 0.6) is 0 Å². The molecule has 2 amide bonds. The number of pyridine rings is 1. The Morgan fingerprint density at radius 3 is 2.53 bits per heavy atom. The number of nitrogens with zero attached hydrogens (tertiary/aromatic N) is 6. The van der Waals surface area contributed by atoms with E-state index in [-0.39, 0.29) is 17.6 Å². The van der Waals surface area contributed by atoms with Crippen LogP contribution in [0.2, 0.25) is 0 Å². The highest BCUT2D eigenvalue weighted by atomic mass is 16.2. The second-order valence-corrected chi connectivity index (χ2v) is 8.74. The van der Waals surface area contributed by atoms with Crippen molar-refractivity contribution in [3.8, 4) is 11.4 Å². The second kappa shape index (κ2) is 7.89. The van der Waals surface area contributed by atoms with Crippen LogP contribution in [-0.2, 0) is 7.05 Å². The van der Waals surface area contributed by atoms with Gasteiger partial charge in [0.15, 0.2) is 5.82 Å². The topological polar surface area (TPSA) is 101 Å². The lowest BCUT2D eigenvalue weighted by Crippen LogP contribution is -2.52. The molecule has 0 aromatic carbocycles. The molecule has 158 valence electrons. The first-order valence-electron chi connectivity index (χ1n) is 10.2. The third-order valence-corrected chi connectivity index (χ3v) is 5.24. The van der Waals surface area contributed by atoms with Gasteiger partial charge in [0.2, 0.25) is 0 Å². The van der Waals surface area contributed by atoms with Gasteiger partial charge in [0, 0.05) is 61.1 Å². The molecule has 0 bridgehead atoms. The largest absolute Gasteiger partial charge is 0.354 e. The molecule has 3 aromatic rings. The third-order valence-electron chi connectivity index (χ3n) is 5.24. The fourth-order valence-corrected chi connectivity index (χ4v) is 3.81. The zero-order valence-electron chi connectivity index (χ0n) is 17.9. The number of anilines is 1. The summed E-state index contributed by atoms with van der Waals surface area (Å²) in [6, 6.07) is 3.94. The number of amides is 2. The molecule has 1 aliphatic heterocycles. The number of rotatable bonds is 3. The maximum atomic E-state index is 12.2. The van der Waals surface area contributed by atoms with E-state index in [1.165, 1.54) is 0 Å². The van der Waals surface area contributed by atoms with E-state index in [9.17, 15) is 4.79 Å². The first-order valence-corrected chi connectivity index (χ1v) is 10.2. The predicted octanol–water partition coefficient (Wildman–Crippen LogP) is 2.49. The van der Waals surface area contributed by atoms with E-state index in [1.807, 2.05) is 46.1 Å². The Morgan fingerprint density at radius 2 is 1.87 bits per heavy atom. The quantitative estimate of drug-likeness (QED) is 0.691. The van der Waals surface area contributed by atoms with Gasteiger partial charge < -0.3 is 15.5 Å². The number of aryl methyl sites for hydroxylation is 1. The molecule has 1 saturated heterocycles. The van der Waals surface area contributed by atoms with Crippen LogP contribution in [0, 0.1) is 0 Å². The standard InChI is InChI=1S/C21H28N8O/c1-21(2,3)25-20(30)24-14-7-11-29(12-8-14)19-16-13-22-9-5-15(16)18(26-27-19)17-6-10-23-28(17)4/h5-6,9-10,13-14H,7-8,11-12H2,1-4H3,(H2,24,25,30). The summed E-state index contributed by atoms with van der Waals surface area (Å²) in [5, 5.41) is 21.4. The molecular weight excluding hydrogens is 380 g/mol. The van der Waals surface area contributed by atoms with Gasteiger partial charge in [0.25, 0.3) is 0 Å².